The van der Waals surface area contributed by atoms with Gasteiger partial charge < -0.3 is 10.3 Å². The first kappa shape index (κ1) is 15.3. The topological polar surface area (TPSA) is 111 Å². The second-order valence-corrected chi connectivity index (χ2v) is 6.01. The van der Waals surface area contributed by atoms with Crippen molar-refractivity contribution in [2.24, 2.45) is 0 Å². The summed E-state index contributed by atoms with van der Waals surface area (Å²) in [4.78, 5) is 50.7. The number of aromatic amines is 1. The number of hydrogen-bond donors (Lipinski definition) is 3. The zero-order chi connectivity index (χ0) is 16.6. The Morgan fingerprint density at radius 3 is 2.52 bits per heavy atom. The molecule has 1 aromatic heterocycles. The molecule has 8 nitrogen and oxygen atoms in total. The highest BCUT2D eigenvalue weighted by molar-refractivity contribution is 6.09. The van der Waals surface area contributed by atoms with Gasteiger partial charge in [0.05, 0.1) is 0 Å². The molecule has 1 spiro atoms. The summed E-state index contributed by atoms with van der Waals surface area (Å²) < 4.78 is 0. The van der Waals surface area contributed by atoms with E-state index in [2.05, 4.69) is 15.7 Å². The van der Waals surface area contributed by atoms with Crippen molar-refractivity contribution in [3.05, 3.63) is 23.5 Å². The number of nitrogens with zero attached hydrogens (tertiary/aromatic N) is 1. The number of hydrazine groups is 1. The van der Waals surface area contributed by atoms with Crippen LogP contribution in [0.15, 0.2) is 12.3 Å². The number of nitrogens with one attached hydrogen (secondary N) is 3. The molecule has 0 bridgehead atoms. The summed E-state index contributed by atoms with van der Waals surface area (Å²) >= 11 is 0. The quantitative estimate of drug-likeness (QED) is 0.572. The number of ketones is 1. The van der Waals surface area contributed by atoms with E-state index in [0.717, 1.165) is 24.3 Å². The molecule has 3 N–H and O–H groups in total. The van der Waals surface area contributed by atoms with Crippen LogP contribution >= 0.6 is 0 Å². The molecule has 1 aromatic rings. The molecule has 0 atom stereocenters. The first-order valence-corrected chi connectivity index (χ1v) is 7.60. The van der Waals surface area contributed by atoms with E-state index in [0.29, 0.717) is 18.4 Å². The van der Waals surface area contributed by atoms with Gasteiger partial charge in [-0.05, 0) is 25.8 Å². The minimum absolute atomic E-state index is 0.111. The highest BCUT2D eigenvalue weighted by Gasteiger charge is 2.52. The summed E-state index contributed by atoms with van der Waals surface area (Å²) in [5.74, 6) is -1.25. The van der Waals surface area contributed by atoms with Gasteiger partial charge in [-0.15, -0.1) is 0 Å². The molecular formula is C15H18N4O4. The lowest BCUT2D eigenvalue weighted by Gasteiger charge is -2.30. The third kappa shape index (κ3) is 2.60. The predicted octanol–water partition coefficient (Wildman–Crippen LogP) is 1.12. The lowest BCUT2D eigenvalue weighted by atomic mass is 9.82. The number of aromatic nitrogens is 1. The third-order valence-corrected chi connectivity index (χ3v) is 4.42. The minimum atomic E-state index is -0.886. The molecule has 1 aliphatic carbocycles. The number of H-pyrrole nitrogens is 1. The van der Waals surface area contributed by atoms with Crippen LogP contribution in [-0.2, 0) is 4.79 Å². The molecule has 0 radical (unpaired) electrons. The molecule has 2 fully saturated rings. The molecule has 2 heterocycles. The second kappa shape index (κ2) is 5.53. The molecule has 4 amide bonds. The molecule has 3 rings (SSSR count). The van der Waals surface area contributed by atoms with Crippen molar-refractivity contribution in [3.63, 3.8) is 0 Å². The fourth-order valence-corrected chi connectivity index (χ4v) is 3.11. The number of amides is 4. The number of hydrogen-bond acceptors (Lipinski definition) is 4. The smallest absolute Gasteiger partial charge is 0.344 e. The van der Waals surface area contributed by atoms with Gasteiger partial charge in [-0.1, -0.05) is 19.3 Å². The first-order valence-electron chi connectivity index (χ1n) is 7.60. The average Bonchev–Trinajstić information content (AvgIpc) is 3.09. The number of Topliss-reactive ketones (excluding diaryl/α,β-unsaturated/α-hetero) is 1. The Kier molecular flexibility index (Phi) is 3.67. The number of imide groups is 1. The Bertz CT molecular complexity index is 687. The van der Waals surface area contributed by atoms with Gasteiger partial charge in [-0.25, -0.2) is 4.79 Å². The first-order chi connectivity index (χ1) is 10.9. The van der Waals surface area contributed by atoms with Crippen LogP contribution in [-0.4, -0.2) is 39.2 Å². The van der Waals surface area contributed by atoms with E-state index in [-0.39, 0.29) is 11.5 Å². The lowest BCUT2D eigenvalue weighted by Crippen LogP contribution is -2.51. The summed E-state index contributed by atoms with van der Waals surface area (Å²) in [6.07, 6.45) is 5.35. The van der Waals surface area contributed by atoms with Crippen LogP contribution in [0.5, 0.6) is 0 Å². The molecule has 122 valence electrons. The second-order valence-electron chi connectivity index (χ2n) is 6.01. The van der Waals surface area contributed by atoms with Crippen LogP contribution in [0.1, 0.15) is 59.9 Å². The molecule has 1 saturated carbocycles. The van der Waals surface area contributed by atoms with Gasteiger partial charge in [0.25, 0.3) is 11.8 Å². The highest BCUT2D eigenvalue weighted by Crippen LogP contribution is 2.33. The van der Waals surface area contributed by atoms with Crippen LogP contribution in [0, 0.1) is 0 Å². The maximum Gasteiger partial charge on any atom is 0.344 e. The Hall–Kier alpha value is -2.64. The van der Waals surface area contributed by atoms with Crippen molar-refractivity contribution in [2.75, 3.05) is 0 Å². The standard InChI is InChI=1S/C15H18N4O4/c1-9(20)10-7-11(16-8-10)12(21)18-19-13(22)15(17-14(19)23)5-3-2-4-6-15/h7-8,16H,2-6H2,1H3,(H,17,23)(H,18,21). The van der Waals surface area contributed by atoms with Gasteiger partial charge in [0, 0.05) is 11.8 Å². The molecule has 8 heteroatoms. The van der Waals surface area contributed by atoms with Crippen molar-refractivity contribution in [3.8, 4) is 0 Å². The van der Waals surface area contributed by atoms with E-state index >= 15 is 0 Å². The van der Waals surface area contributed by atoms with E-state index in [9.17, 15) is 19.2 Å². The molecule has 23 heavy (non-hydrogen) atoms. The normalized spacial score (nSPS) is 19.8. The Morgan fingerprint density at radius 2 is 1.91 bits per heavy atom. The average molecular weight is 318 g/mol. The van der Waals surface area contributed by atoms with E-state index in [1.165, 1.54) is 19.2 Å². The summed E-state index contributed by atoms with van der Waals surface area (Å²) in [5.41, 5.74) is 1.89. The third-order valence-electron chi connectivity index (χ3n) is 4.42. The summed E-state index contributed by atoms with van der Waals surface area (Å²) in [7, 11) is 0. The Balaban J connectivity index is 1.74. The van der Waals surface area contributed by atoms with Crippen molar-refractivity contribution in [2.45, 2.75) is 44.6 Å². The van der Waals surface area contributed by atoms with Gasteiger partial charge in [0.15, 0.2) is 5.78 Å². The summed E-state index contributed by atoms with van der Waals surface area (Å²) in [6.45, 7) is 1.38. The number of carbonyl (C=O) groups is 4. The van der Waals surface area contributed by atoms with E-state index < -0.39 is 23.4 Å². The fourth-order valence-electron chi connectivity index (χ4n) is 3.11. The van der Waals surface area contributed by atoms with Gasteiger partial charge in [-0.3, -0.25) is 19.8 Å². The molecule has 2 aliphatic rings. The van der Waals surface area contributed by atoms with Crippen LogP contribution in [0.25, 0.3) is 0 Å². The lowest BCUT2D eigenvalue weighted by molar-refractivity contribution is -0.134. The molecular weight excluding hydrogens is 300 g/mol. The van der Waals surface area contributed by atoms with E-state index in [1.54, 1.807) is 0 Å². The van der Waals surface area contributed by atoms with Crippen molar-refractivity contribution in [1.82, 2.24) is 20.7 Å². The van der Waals surface area contributed by atoms with Crippen LogP contribution in [0.4, 0.5) is 4.79 Å². The van der Waals surface area contributed by atoms with Crippen molar-refractivity contribution >= 4 is 23.6 Å². The predicted molar refractivity (Wildman–Crippen MR) is 79.5 cm³/mol. The monoisotopic (exact) mass is 318 g/mol. The summed E-state index contributed by atoms with van der Waals surface area (Å²) in [6, 6.07) is 0.760. The molecule has 1 aliphatic heterocycles. The largest absolute Gasteiger partial charge is 0.356 e. The zero-order valence-electron chi connectivity index (χ0n) is 12.8. The molecule has 1 saturated heterocycles. The number of urea groups is 1. The SMILES string of the molecule is CC(=O)c1c[nH]c(C(=O)NN2C(=O)NC3(CCCCC3)C2=O)c1. The van der Waals surface area contributed by atoms with Crippen LogP contribution < -0.4 is 10.7 Å². The van der Waals surface area contributed by atoms with Crippen LogP contribution in [0.2, 0.25) is 0 Å². The molecule has 0 unspecified atom stereocenters. The molecule has 0 aromatic carbocycles. The van der Waals surface area contributed by atoms with Gasteiger partial charge in [-0.2, -0.15) is 5.01 Å². The minimum Gasteiger partial charge on any atom is -0.356 e. The maximum atomic E-state index is 12.5. The number of carbonyl (C=O) groups excluding carboxylic acids is 4. The zero-order valence-corrected chi connectivity index (χ0v) is 12.8. The van der Waals surface area contributed by atoms with E-state index in [1.807, 2.05) is 0 Å². The Labute approximate surface area is 132 Å². The summed E-state index contributed by atoms with van der Waals surface area (Å²) in [5, 5.41) is 3.45. The Morgan fingerprint density at radius 1 is 1.22 bits per heavy atom. The van der Waals surface area contributed by atoms with Gasteiger partial charge in [0.1, 0.15) is 11.2 Å². The number of rotatable bonds is 3. The maximum absolute atomic E-state index is 12.5. The van der Waals surface area contributed by atoms with Gasteiger partial charge >= 0.3 is 6.03 Å². The van der Waals surface area contributed by atoms with E-state index in [4.69, 9.17) is 0 Å². The van der Waals surface area contributed by atoms with Crippen LogP contribution in [0.3, 0.4) is 0 Å². The van der Waals surface area contributed by atoms with Crippen molar-refractivity contribution < 1.29 is 19.2 Å². The van der Waals surface area contributed by atoms with Gasteiger partial charge in [0.2, 0.25) is 0 Å². The highest BCUT2D eigenvalue weighted by atomic mass is 16.2. The van der Waals surface area contributed by atoms with Crippen molar-refractivity contribution in [1.29, 1.82) is 0 Å². The fraction of sp³-hybridized carbons (Fsp3) is 0.467.